The van der Waals surface area contributed by atoms with E-state index in [1.807, 2.05) is 48.5 Å². The van der Waals surface area contributed by atoms with Crippen LogP contribution in [0.4, 0.5) is 4.39 Å². The number of benzene rings is 3. The highest BCUT2D eigenvalue weighted by atomic mass is 19.1. The van der Waals surface area contributed by atoms with Crippen molar-refractivity contribution in [1.29, 1.82) is 0 Å². The SMILES string of the molecule is C=NC(c1ccc(F)cc1)C(c1ccccc1)C(C(=O)OC)C(C)C(C)c1ccccc1. The molecule has 0 radical (unpaired) electrons. The zero-order chi connectivity index (χ0) is 23.1. The maximum absolute atomic E-state index is 13.6. The minimum Gasteiger partial charge on any atom is -0.469 e. The number of hydrogen-bond donors (Lipinski definition) is 0. The molecule has 5 atom stereocenters. The lowest BCUT2D eigenvalue weighted by molar-refractivity contribution is -0.148. The number of carbonyl (C=O) groups is 1. The van der Waals surface area contributed by atoms with Crippen molar-refractivity contribution in [2.24, 2.45) is 16.8 Å². The molecule has 0 aromatic heterocycles. The number of aliphatic imine (C=N–C) groups is 1. The molecule has 166 valence electrons. The summed E-state index contributed by atoms with van der Waals surface area (Å²) in [6, 6.07) is 25.8. The minimum atomic E-state index is -0.488. The summed E-state index contributed by atoms with van der Waals surface area (Å²) in [5.74, 6) is -1.37. The molecule has 4 heteroatoms. The van der Waals surface area contributed by atoms with Gasteiger partial charge in [-0.3, -0.25) is 9.79 Å². The molecular formula is C28H30FNO2. The fourth-order valence-corrected chi connectivity index (χ4v) is 4.54. The first kappa shape index (κ1) is 23.4. The van der Waals surface area contributed by atoms with Gasteiger partial charge >= 0.3 is 5.97 Å². The second-order valence-electron chi connectivity index (χ2n) is 8.22. The number of carbonyl (C=O) groups excluding carboxylic acids is 1. The summed E-state index contributed by atoms with van der Waals surface area (Å²) in [6.07, 6.45) is 0. The zero-order valence-electron chi connectivity index (χ0n) is 18.8. The standard InChI is InChI=1S/C28H30FNO2/c1-19(21-11-7-5-8-12-21)20(2)25(28(31)32-4)26(22-13-9-6-10-14-22)27(30-3)23-15-17-24(29)18-16-23/h5-20,25-27H,3H2,1-2,4H3. The number of ether oxygens (including phenoxy) is 1. The van der Waals surface area contributed by atoms with Gasteiger partial charge in [0, 0.05) is 5.92 Å². The average Bonchev–Trinajstić information content (AvgIpc) is 2.85. The maximum Gasteiger partial charge on any atom is 0.309 e. The van der Waals surface area contributed by atoms with Crippen LogP contribution >= 0.6 is 0 Å². The van der Waals surface area contributed by atoms with Crippen LogP contribution in [0.2, 0.25) is 0 Å². The number of rotatable bonds is 9. The quantitative estimate of drug-likeness (QED) is 0.283. The lowest BCUT2D eigenvalue weighted by Gasteiger charge is -2.36. The van der Waals surface area contributed by atoms with Gasteiger partial charge in [-0.1, -0.05) is 86.6 Å². The summed E-state index contributed by atoms with van der Waals surface area (Å²) in [6.45, 7) is 8.05. The molecule has 0 amide bonds. The van der Waals surface area contributed by atoms with Crippen LogP contribution in [0.3, 0.4) is 0 Å². The number of methoxy groups -OCH3 is 1. The molecule has 3 nitrogen and oxygen atoms in total. The molecule has 0 saturated carbocycles. The van der Waals surface area contributed by atoms with Crippen LogP contribution < -0.4 is 0 Å². The highest BCUT2D eigenvalue weighted by Crippen LogP contribution is 2.46. The molecule has 0 fully saturated rings. The van der Waals surface area contributed by atoms with Gasteiger partial charge in [-0.25, -0.2) is 4.39 Å². The first-order valence-electron chi connectivity index (χ1n) is 10.9. The molecule has 0 N–H and O–H groups in total. The highest BCUT2D eigenvalue weighted by molar-refractivity contribution is 5.74. The van der Waals surface area contributed by atoms with Gasteiger partial charge in [-0.15, -0.1) is 0 Å². The summed E-state index contributed by atoms with van der Waals surface area (Å²) >= 11 is 0. The van der Waals surface area contributed by atoms with Crippen molar-refractivity contribution in [3.05, 3.63) is 107 Å². The van der Waals surface area contributed by atoms with E-state index >= 15 is 0 Å². The molecule has 0 aliphatic heterocycles. The Morgan fingerprint density at radius 2 is 1.38 bits per heavy atom. The van der Waals surface area contributed by atoms with Gasteiger partial charge < -0.3 is 4.74 Å². The second kappa shape index (κ2) is 10.9. The molecule has 3 aromatic rings. The monoisotopic (exact) mass is 431 g/mol. The maximum atomic E-state index is 13.6. The van der Waals surface area contributed by atoms with E-state index in [-0.39, 0.29) is 29.5 Å². The number of nitrogens with zero attached hydrogens (tertiary/aromatic N) is 1. The molecule has 0 bridgehead atoms. The Hall–Kier alpha value is -3.27. The number of esters is 1. The topological polar surface area (TPSA) is 38.7 Å². The van der Waals surface area contributed by atoms with E-state index in [9.17, 15) is 9.18 Å². The molecular weight excluding hydrogens is 401 g/mol. The Balaban J connectivity index is 2.12. The van der Waals surface area contributed by atoms with Crippen molar-refractivity contribution in [3.8, 4) is 0 Å². The van der Waals surface area contributed by atoms with Gasteiger partial charge in [0.05, 0.1) is 19.1 Å². The largest absolute Gasteiger partial charge is 0.469 e. The van der Waals surface area contributed by atoms with E-state index in [0.29, 0.717) is 0 Å². The second-order valence-corrected chi connectivity index (χ2v) is 8.22. The van der Waals surface area contributed by atoms with Crippen LogP contribution in [0.5, 0.6) is 0 Å². The summed E-state index contributed by atoms with van der Waals surface area (Å²) in [4.78, 5) is 17.7. The van der Waals surface area contributed by atoms with Crippen molar-refractivity contribution < 1.29 is 13.9 Å². The third kappa shape index (κ3) is 5.13. The smallest absolute Gasteiger partial charge is 0.309 e. The predicted octanol–water partition coefficient (Wildman–Crippen LogP) is 6.58. The number of hydrogen-bond acceptors (Lipinski definition) is 3. The van der Waals surface area contributed by atoms with Crippen LogP contribution in [-0.4, -0.2) is 19.8 Å². The van der Waals surface area contributed by atoms with Crippen molar-refractivity contribution in [1.82, 2.24) is 0 Å². The van der Waals surface area contributed by atoms with Gasteiger partial charge in [-0.2, -0.15) is 0 Å². The Labute approximate surface area is 190 Å². The first-order valence-corrected chi connectivity index (χ1v) is 10.9. The average molecular weight is 432 g/mol. The zero-order valence-corrected chi connectivity index (χ0v) is 18.8. The van der Waals surface area contributed by atoms with Crippen LogP contribution in [0.15, 0.2) is 89.9 Å². The van der Waals surface area contributed by atoms with E-state index in [1.54, 1.807) is 12.1 Å². The Bertz CT molecular complexity index is 1000. The molecule has 3 rings (SSSR count). The highest BCUT2D eigenvalue weighted by Gasteiger charge is 2.42. The summed E-state index contributed by atoms with van der Waals surface area (Å²) in [7, 11) is 1.42. The molecule has 32 heavy (non-hydrogen) atoms. The van der Waals surface area contributed by atoms with Crippen molar-refractivity contribution in [3.63, 3.8) is 0 Å². The Morgan fingerprint density at radius 3 is 1.88 bits per heavy atom. The summed E-state index contributed by atoms with van der Waals surface area (Å²) in [5.41, 5.74) is 2.94. The third-order valence-electron chi connectivity index (χ3n) is 6.47. The summed E-state index contributed by atoms with van der Waals surface area (Å²) < 4.78 is 18.9. The van der Waals surface area contributed by atoms with Crippen LogP contribution in [0.25, 0.3) is 0 Å². The van der Waals surface area contributed by atoms with E-state index in [2.05, 4.69) is 37.7 Å². The lowest BCUT2D eigenvalue weighted by atomic mass is 9.68. The van der Waals surface area contributed by atoms with Gasteiger partial charge in [0.1, 0.15) is 5.82 Å². The Kier molecular flexibility index (Phi) is 7.93. The molecule has 3 aromatic carbocycles. The van der Waals surface area contributed by atoms with E-state index in [1.165, 1.54) is 19.2 Å². The molecule has 0 aliphatic rings. The van der Waals surface area contributed by atoms with E-state index < -0.39 is 12.0 Å². The van der Waals surface area contributed by atoms with Crippen LogP contribution in [0.1, 0.15) is 48.4 Å². The predicted molar refractivity (Wildman–Crippen MR) is 127 cm³/mol. The normalized spacial score (nSPS) is 15.8. The molecule has 0 saturated heterocycles. The fraction of sp³-hybridized carbons (Fsp3) is 0.286. The van der Waals surface area contributed by atoms with Crippen molar-refractivity contribution in [2.75, 3.05) is 7.11 Å². The molecule has 0 aliphatic carbocycles. The third-order valence-corrected chi connectivity index (χ3v) is 6.47. The van der Waals surface area contributed by atoms with Crippen LogP contribution in [-0.2, 0) is 9.53 Å². The lowest BCUT2D eigenvalue weighted by Crippen LogP contribution is -2.34. The van der Waals surface area contributed by atoms with Gasteiger partial charge in [0.2, 0.25) is 0 Å². The number of halogens is 1. The van der Waals surface area contributed by atoms with Gasteiger partial charge in [0.15, 0.2) is 0 Å². The fourth-order valence-electron chi connectivity index (χ4n) is 4.54. The van der Waals surface area contributed by atoms with Crippen molar-refractivity contribution >= 4 is 12.7 Å². The Morgan fingerprint density at radius 1 is 0.844 bits per heavy atom. The molecule has 5 unspecified atom stereocenters. The molecule has 0 heterocycles. The van der Waals surface area contributed by atoms with E-state index in [0.717, 1.165) is 16.7 Å². The minimum absolute atomic E-state index is 0.0558. The van der Waals surface area contributed by atoms with E-state index in [4.69, 9.17) is 4.74 Å². The van der Waals surface area contributed by atoms with Gasteiger partial charge in [-0.05, 0) is 47.4 Å². The van der Waals surface area contributed by atoms with Crippen molar-refractivity contribution in [2.45, 2.75) is 31.7 Å². The van der Waals surface area contributed by atoms with Gasteiger partial charge in [0.25, 0.3) is 0 Å². The summed E-state index contributed by atoms with van der Waals surface area (Å²) in [5, 5.41) is 0. The van der Waals surface area contributed by atoms with Crippen LogP contribution in [0, 0.1) is 17.7 Å². The first-order chi connectivity index (χ1) is 15.5. The molecule has 0 spiro atoms.